The van der Waals surface area contributed by atoms with Gasteiger partial charge in [-0.3, -0.25) is 14.9 Å². The number of aliphatic hydroxyl groups is 1. The van der Waals surface area contributed by atoms with Crippen molar-refractivity contribution in [2.45, 2.75) is 82.7 Å². The summed E-state index contributed by atoms with van der Waals surface area (Å²) in [4.78, 5) is 40.5. The molecule has 7 atom stereocenters. The number of halogens is 1. The predicted molar refractivity (Wildman–Crippen MR) is 154 cm³/mol. The first-order valence-electron chi connectivity index (χ1n) is 14.0. The number of benzene rings is 1. The molecule has 2 N–H and O–H groups in total. The van der Waals surface area contributed by atoms with E-state index in [1.807, 2.05) is 19.9 Å². The molecule has 3 heterocycles. The van der Waals surface area contributed by atoms with Gasteiger partial charge in [0.2, 0.25) is 6.10 Å². The van der Waals surface area contributed by atoms with E-state index in [2.05, 4.69) is 5.32 Å². The van der Waals surface area contributed by atoms with Crippen LogP contribution in [-0.2, 0) is 35.0 Å². The summed E-state index contributed by atoms with van der Waals surface area (Å²) in [5.74, 6) is -1.15. The molecule has 42 heavy (non-hydrogen) atoms. The van der Waals surface area contributed by atoms with E-state index in [-0.39, 0.29) is 17.9 Å². The molecule has 12 heteroatoms. The summed E-state index contributed by atoms with van der Waals surface area (Å²) >= 11 is 6.66. The van der Waals surface area contributed by atoms with E-state index in [1.165, 1.54) is 19.1 Å². The molecule has 2 amide bonds. The van der Waals surface area contributed by atoms with Gasteiger partial charge in [0.1, 0.15) is 29.1 Å². The van der Waals surface area contributed by atoms with Crippen molar-refractivity contribution in [1.29, 1.82) is 0 Å². The first kappa shape index (κ1) is 31.8. The van der Waals surface area contributed by atoms with Gasteiger partial charge in [-0.1, -0.05) is 49.2 Å². The third-order valence-electron chi connectivity index (χ3n) is 7.88. The smallest absolute Gasteiger partial charge is 0.409 e. The van der Waals surface area contributed by atoms with E-state index in [1.54, 1.807) is 38.3 Å². The molecule has 0 saturated carbocycles. The number of allylic oxidation sites excluding steroid dienone is 3. The van der Waals surface area contributed by atoms with Crippen molar-refractivity contribution in [2.75, 3.05) is 26.2 Å². The lowest BCUT2D eigenvalue weighted by Crippen LogP contribution is -2.63. The van der Waals surface area contributed by atoms with E-state index >= 15 is 0 Å². The van der Waals surface area contributed by atoms with Crippen LogP contribution in [0.1, 0.15) is 45.6 Å². The molecular formula is C30H39ClN2O9. The number of carbonyl (C=O) groups excluding carboxylic acids is 3. The van der Waals surface area contributed by atoms with Gasteiger partial charge in [0, 0.05) is 32.9 Å². The van der Waals surface area contributed by atoms with E-state index < -0.39 is 60.1 Å². The van der Waals surface area contributed by atoms with Gasteiger partial charge in [-0.05, 0) is 37.5 Å². The monoisotopic (exact) mass is 606 g/mol. The number of methoxy groups -OCH3 is 2. The number of esters is 1. The second-order valence-corrected chi connectivity index (χ2v) is 11.4. The molecule has 0 unspecified atom stereocenters. The Balaban J connectivity index is 1.79. The van der Waals surface area contributed by atoms with Crippen LogP contribution in [-0.4, -0.2) is 80.6 Å². The standard InChI is InChI=1S/C30H39ClN2O9/c1-7-9-23(34)41-27-26-25(42-26)17(3)21-15-30(37,32-29(36)40-21)22(39-6)11-8-10-16(2)12-18-13-19(33(4)28(27)35)24(31)20(14-18)38-5/h8,10-11,13-14,17,21-22,25-27,37H,7,9,12,15H2,1-6H3,(H,32,36)/b11-8+,16-10+/t17-,21+,22-,25+,26+,27-,30+/m1/s1. The average Bonchev–Trinajstić information content (AvgIpc) is 3.73. The zero-order chi connectivity index (χ0) is 30.8. The molecule has 1 aromatic rings. The largest absolute Gasteiger partial charge is 0.495 e. The maximum Gasteiger partial charge on any atom is 0.409 e. The van der Waals surface area contributed by atoms with Gasteiger partial charge < -0.3 is 33.7 Å². The molecule has 3 aliphatic heterocycles. The van der Waals surface area contributed by atoms with Crippen molar-refractivity contribution in [1.82, 2.24) is 5.32 Å². The molecule has 0 radical (unpaired) electrons. The van der Waals surface area contributed by atoms with Crippen molar-refractivity contribution < 1.29 is 43.2 Å². The minimum absolute atomic E-state index is 0.00780. The van der Waals surface area contributed by atoms with Gasteiger partial charge in [-0.25, -0.2) is 4.79 Å². The molecule has 2 saturated heterocycles. The third kappa shape index (κ3) is 6.75. The number of hydrogen-bond acceptors (Lipinski definition) is 9. The zero-order valence-corrected chi connectivity index (χ0v) is 25.5. The van der Waals surface area contributed by atoms with Crippen LogP contribution < -0.4 is 15.0 Å². The Labute approximate surface area is 250 Å². The van der Waals surface area contributed by atoms with Crippen molar-refractivity contribution >= 4 is 35.3 Å². The summed E-state index contributed by atoms with van der Waals surface area (Å²) < 4.78 is 28.2. The van der Waals surface area contributed by atoms with Crippen LogP contribution in [0.3, 0.4) is 0 Å². The molecule has 4 bridgehead atoms. The van der Waals surface area contributed by atoms with E-state index in [0.717, 1.165) is 11.1 Å². The topological polar surface area (TPSA) is 136 Å². The van der Waals surface area contributed by atoms with Gasteiger partial charge in [0.05, 0.1) is 18.9 Å². The van der Waals surface area contributed by atoms with E-state index in [4.69, 9.17) is 35.3 Å². The number of anilines is 1. The number of nitrogens with one attached hydrogen (secondary N) is 1. The van der Waals surface area contributed by atoms with Crippen LogP contribution in [0.25, 0.3) is 0 Å². The summed E-state index contributed by atoms with van der Waals surface area (Å²) in [6.45, 7) is 5.55. The number of alkyl carbamates (subject to hydrolysis) is 1. The minimum atomic E-state index is -1.77. The van der Waals surface area contributed by atoms with Gasteiger partial charge in [-0.2, -0.15) is 0 Å². The number of amides is 2. The van der Waals surface area contributed by atoms with Crippen molar-refractivity contribution in [2.24, 2.45) is 5.92 Å². The Kier molecular flexibility index (Phi) is 9.87. The highest BCUT2D eigenvalue weighted by Gasteiger charge is 2.57. The summed E-state index contributed by atoms with van der Waals surface area (Å²) in [5.41, 5.74) is 0.392. The van der Waals surface area contributed by atoms with Crippen molar-refractivity contribution in [3.8, 4) is 5.75 Å². The molecule has 4 rings (SSSR count). The number of hydrogen-bond donors (Lipinski definition) is 2. The van der Waals surface area contributed by atoms with Crippen LogP contribution >= 0.6 is 11.6 Å². The molecule has 0 aromatic heterocycles. The summed E-state index contributed by atoms with van der Waals surface area (Å²) in [6.07, 6.45) is 1.27. The van der Waals surface area contributed by atoms with Crippen LogP contribution in [0, 0.1) is 5.92 Å². The lowest BCUT2D eigenvalue weighted by atomic mass is 9.87. The molecule has 1 aromatic carbocycles. The van der Waals surface area contributed by atoms with Crippen LogP contribution in [0.2, 0.25) is 5.02 Å². The highest BCUT2D eigenvalue weighted by atomic mass is 35.5. The summed E-state index contributed by atoms with van der Waals surface area (Å²) in [5, 5.41) is 14.2. The van der Waals surface area contributed by atoms with E-state index in [9.17, 15) is 19.5 Å². The van der Waals surface area contributed by atoms with Crippen molar-refractivity contribution in [3.63, 3.8) is 0 Å². The second kappa shape index (κ2) is 13.0. The highest BCUT2D eigenvalue weighted by molar-refractivity contribution is 6.35. The molecule has 11 nitrogen and oxygen atoms in total. The normalized spacial score (nSPS) is 33.5. The average molecular weight is 607 g/mol. The number of epoxide rings is 1. The number of fused-ring (bicyclic) bond motifs is 5. The highest BCUT2D eigenvalue weighted by Crippen LogP contribution is 2.42. The summed E-state index contributed by atoms with van der Waals surface area (Å²) in [6, 6.07) is 3.59. The maximum atomic E-state index is 13.9. The number of rotatable bonds is 5. The quantitative estimate of drug-likeness (QED) is 0.380. The van der Waals surface area contributed by atoms with Gasteiger partial charge in [-0.15, -0.1) is 0 Å². The van der Waals surface area contributed by atoms with Crippen molar-refractivity contribution in [3.05, 3.63) is 46.5 Å². The fourth-order valence-corrected chi connectivity index (χ4v) is 5.79. The molecule has 2 fully saturated rings. The lowest BCUT2D eigenvalue weighted by Gasteiger charge is -2.41. The fourth-order valence-electron chi connectivity index (χ4n) is 5.48. The number of carbonyl (C=O) groups is 3. The zero-order valence-electron chi connectivity index (χ0n) is 24.7. The first-order chi connectivity index (χ1) is 19.9. The Bertz CT molecular complexity index is 1270. The van der Waals surface area contributed by atoms with Crippen LogP contribution in [0.15, 0.2) is 35.9 Å². The Morgan fingerprint density at radius 1 is 1.26 bits per heavy atom. The Morgan fingerprint density at radius 2 is 2.00 bits per heavy atom. The first-order valence-corrected chi connectivity index (χ1v) is 14.4. The molecule has 3 aliphatic rings. The second-order valence-electron chi connectivity index (χ2n) is 11.0. The summed E-state index contributed by atoms with van der Waals surface area (Å²) in [7, 11) is 4.49. The maximum absolute atomic E-state index is 13.9. The molecular weight excluding hydrogens is 568 g/mol. The molecule has 0 spiro atoms. The van der Waals surface area contributed by atoms with Crippen LogP contribution in [0.4, 0.5) is 10.5 Å². The fraction of sp³-hybridized carbons (Fsp3) is 0.567. The number of ether oxygens (including phenoxy) is 5. The molecule has 230 valence electrons. The third-order valence-corrected chi connectivity index (χ3v) is 8.26. The lowest BCUT2D eigenvalue weighted by molar-refractivity contribution is -0.156. The van der Waals surface area contributed by atoms with Crippen LogP contribution in [0.5, 0.6) is 5.75 Å². The van der Waals surface area contributed by atoms with Gasteiger partial charge >= 0.3 is 12.1 Å². The van der Waals surface area contributed by atoms with Gasteiger partial charge in [0.25, 0.3) is 5.91 Å². The van der Waals surface area contributed by atoms with Gasteiger partial charge in [0.15, 0.2) is 5.72 Å². The number of nitrogens with zero attached hydrogens (tertiary/aromatic N) is 1. The Hall–Kier alpha value is -3.12. The SMILES string of the molecule is CCCC(=O)O[C@H]1C(=O)N(C)c2cc(cc(OC)c2Cl)C/C(C)=C/C=C/[C@@H](OC)[C@@]2(O)C[C@H](OC(=O)N2)[C@@H](C)[C@@H]2O[C@@H]21. The van der Waals surface area contributed by atoms with E-state index in [0.29, 0.717) is 24.3 Å². The number of likely N-dealkylation sites (N-methyl/N-ethyl adjacent to an activating group) is 1. The molecule has 0 aliphatic carbocycles. The predicted octanol–water partition coefficient (Wildman–Crippen LogP) is 3.69. The Morgan fingerprint density at radius 3 is 2.67 bits per heavy atom. The minimum Gasteiger partial charge on any atom is -0.495 e.